The number of anilines is 2. The van der Waals surface area contributed by atoms with Gasteiger partial charge in [0.05, 0.1) is 25.9 Å². The molecule has 44 heavy (non-hydrogen) atoms. The van der Waals surface area contributed by atoms with Crippen molar-refractivity contribution < 1.29 is 45.5 Å². The van der Waals surface area contributed by atoms with Crippen LogP contribution in [0.2, 0.25) is 0 Å². The molecule has 24 heteroatoms. The Labute approximate surface area is 255 Å². The van der Waals surface area contributed by atoms with E-state index in [1.165, 1.54) is 28.1 Å². The van der Waals surface area contributed by atoms with E-state index in [-0.39, 0.29) is 34.0 Å². The number of alkyl halides is 2. The molecule has 0 aromatic carbocycles. The van der Waals surface area contributed by atoms with Gasteiger partial charge in [0, 0.05) is 0 Å². The van der Waals surface area contributed by atoms with Crippen molar-refractivity contribution in [3.63, 3.8) is 0 Å². The number of nitrogens with zero attached hydrogens (tertiary/aromatic N) is 8. The molecular formula is C20H22F2N10O8P2S2. The quantitative estimate of drug-likeness (QED) is 0.174. The van der Waals surface area contributed by atoms with Crippen LogP contribution in [0.25, 0.3) is 22.3 Å². The molecule has 0 radical (unpaired) electrons. The van der Waals surface area contributed by atoms with E-state index in [0.717, 1.165) is 6.33 Å². The predicted molar refractivity (Wildman–Crippen MR) is 152 cm³/mol. The summed E-state index contributed by atoms with van der Waals surface area (Å²) < 4.78 is 94.5. The number of imidazole rings is 2. The summed E-state index contributed by atoms with van der Waals surface area (Å²) >= 11 is 7.99. The molecular weight excluding hydrogens is 672 g/mol. The van der Waals surface area contributed by atoms with Crippen molar-refractivity contribution in [3.8, 4) is 0 Å². The zero-order valence-corrected chi connectivity index (χ0v) is 25.5. The SMILES string of the molecule is Nc1ncnc2c1ncn2[C@@H]1O[C@@H]2CO[P@@](=O)(S)O[C@@H]3[C@H](F)C(CO[P@@](=O)(S)O[C@H]2[C@H]1F)O[C@H]3n1cnc2c(N)ncnc21. The summed E-state index contributed by atoms with van der Waals surface area (Å²) in [7, 11) is 0. The predicted octanol–water partition coefficient (Wildman–Crippen LogP) is 2.19. The summed E-state index contributed by atoms with van der Waals surface area (Å²) in [5.41, 5.74) is 12.4. The first kappa shape index (κ1) is 30.2. The van der Waals surface area contributed by atoms with Gasteiger partial charge in [-0.15, -0.1) is 0 Å². The Balaban J connectivity index is 1.20. The van der Waals surface area contributed by atoms with Crippen molar-refractivity contribution >= 4 is 72.1 Å². The molecule has 0 spiro atoms. The van der Waals surface area contributed by atoms with E-state index in [1.54, 1.807) is 0 Å². The van der Waals surface area contributed by atoms with Gasteiger partial charge in [0.1, 0.15) is 48.1 Å². The summed E-state index contributed by atoms with van der Waals surface area (Å²) in [6.45, 7) is -10.2. The molecule has 0 saturated carbocycles. The van der Waals surface area contributed by atoms with Crippen LogP contribution in [0.1, 0.15) is 12.5 Å². The Bertz CT molecular complexity index is 1840. The highest BCUT2D eigenvalue weighted by Gasteiger charge is 2.54. The van der Waals surface area contributed by atoms with Crippen molar-refractivity contribution in [1.82, 2.24) is 39.0 Å². The fourth-order valence-electron chi connectivity index (χ4n) is 5.16. The maximum Gasteiger partial charge on any atom is 0.386 e. The molecule has 236 valence electrons. The van der Waals surface area contributed by atoms with Crippen molar-refractivity contribution in [2.75, 3.05) is 24.7 Å². The van der Waals surface area contributed by atoms with Crippen LogP contribution < -0.4 is 11.5 Å². The van der Waals surface area contributed by atoms with Crippen molar-refractivity contribution in [2.24, 2.45) is 0 Å². The summed E-state index contributed by atoms with van der Waals surface area (Å²) in [4.78, 5) is 24.2. The van der Waals surface area contributed by atoms with Gasteiger partial charge in [0.15, 0.2) is 47.7 Å². The third kappa shape index (κ3) is 5.25. The highest BCUT2D eigenvalue weighted by atomic mass is 32.7. The third-order valence-corrected chi connectivity index (χ3v) is 10.4. The summed E-state index contributed by atoms with van der Waals surface area (Å²) in [6, 6.07) is 0. The molecule has 0 amide bonds. The van der Waals surface area contributed by atoms with Gasteiger partial charge in [-0.2, -0.15) is 0 Å². The van der Waals surface area contributed by atoms with Gasteiger partial charge >= 0.3 is 13.6 Å². The number of aromatic nitrogens is 8. The molecule has 4 aromatic heterocycles. The van der Waals surface area contributed by atoms with E-state index in [9.17, 15) is 9.13 Å². The number of nitrogen functional groups attached to an aromatic ring is 2. The number of hydrogen-bond donors (Lipinski definition) is 4. The number of rotatable bonds is 2. The summed E-state index contributed by atoms with van der Waals surface area (Å²) in [6.07, 6.45) is -8.18. The van der Waals surface area contributed by atoms with Crippen LogP contribution in [0, 0.1) is 0 Å². The molecule has 7 rings (SSSR count). The van der Waals surface area contributed by atoms with Crippen molar-refractivity contribution in [3.05, 3.63) is 25.3 Å². The molecule has 3 aliphatic heterocycles. The fourth-order valence-corrected chi connectivity index (χ4v) is 8.09. The molecule has 4 aromatic rings. The van der Waals surface area contributed by atoms with Crippen LogP contribution in [-0.4, -0.2) is 89.0 Å². The van der Waals surface area contributed by atoms with Gasteiger partial charge in [-0.1, -0.05) is 24.5 Å². The highest BCUT2D eigenvalue weighted by Crippen LogP contribution is 2.60. The van der Waals surface area contributed by atoms with Crippen molar-refractivity contribution in [2.45, 2.75) is 49.2 Å². The maximum atomic E-state index is 16.0. The first-order valence-electron chi connectivity index (χ1n) is 12.7. The minimum atomic E-state index is -4.43. The molecule has 18 nitrogen and oxygen atoms in total. The minimum absolute atomic E-state index is 0.0478. The second-order valence-corrected chi connectivity index (χ2v) is 15.6. The Morgan fingerprint density at radius 1 is 0.727 bits per heavy atom. The number of thiol groups is 2. The lowest BCUT2D eigenvalue weighted by molar-refractivity contribution is -0.0563. The molecule has 4 N–H and O–H groups in total. The van der Waals surface area contributed by atoms with Crippen LogP contribution >= 0.6 is 38.1 Å². The van der Waals surface area contributed by atoms with E-state index in [1.807, 2.05) is 0 Å². The van der Waals surface area contributed by atoms with E-state index in [4.69, 9.17) is 39.0 Å². The normalized spacial score (nSPS) is 38.3. The summed E-state index contributed by atoms with van der Waals surface area (Å²) in [5.74, 6) is 0.0984. The second kappa shape index (κ2) is 11.1. The molecule has 1 unspecified atom stereocenters. The van der Waals surface area contributed by atoms with Gasteiger partial charge in [-0.05, 0) is 0 Å². The molecule has 10 atom stereocenters. The average Bonchev–Trinajstić information content (AvgIpc) is 3.73. The number of ether oxygens (including phenoxy) is 2. The zero-order valence-electron chi connectivity index (χ0n) is 21.9. The smallest absolute Gasteiger partial charge is 0.382 e. The number of fused-ring (bicyclic) bond motifs is 5. The standard InChI is InChI=1S/C20H22F2N10O8P2S2/c21-9-7-1-35-41(33,43)39-13-8(38-19(10(13)22)31-5-29-11-15(23)25-3-27-17(11)31)2-36-42(34,44)40-14(9)20(37-7)32-6-30-12-16(24)26-4-28-18(12)32/h3-10,13-14,19-20H,1-2H2,(H,33,43)(H,34,44)(H2,23,25,27)(H2,24,26,28)/t7?,8-,9-,10-,13-,14-,19-,20-,41-,42-/m1/s1. The van der Waals surface area contributed by atoms with E-state index < -0.39 is 76.0 Å². The van der Waals surface area contributed by atoms with Crippen LogP contribution in [0.5, 0.6) is 0 Å². The lowest BCUT2D eigenvalue weighted by atomic mass is 10.1. The molecule has 2 bridgehead atoms. The molecule has 0 aliphatic carbocycles. The van der Waals surface area contributed by atoms with Crippen LogP contribution in [-0.2, 0) is 36.7 Å². The van der Waals surface area contributed by atoms with Gasteiger partial charge in [0.25, 0.3) is 0 Å². The average molecular weight is 695 g/mol. The molecule has 3 fully saturated rings. The first-order chi connectivity index (χ1) is 20.9. The molecule has 3 aliphatic rings. The summed E-state index contributed by atoms with van der Waals surface area (Å²) in [5, 5.41) is 0. The lowest BCUT2D eigenvalue weighted by Crippen LogP contribution is -2.33. The van der Waals surface area contributed by atoms with Crippen LogP contribution in [0.15, 0.2) is 25.3 Å². The van der Waals surface area contributed by atoms with Crippen molar-refractivity contribution in [1.29, 1.82) is 0 Å². The molecule has 7 heterocycles. The van der Waals surface area contributed by atoms with E-state index in [0.29, 0.717) is 0 Å². The number of nitrogens with two attached hydrogens (primary N) is 2. The Kier molecular flexibility index (Phi) is 7.59. The van der Waals surface area contributed by atoms with Gasteiger partial charge in [-0.25, -0.2) is 47.8 Å². The number of hydrogen-bond acceptors (Lipinski definition) is 16. The minimum Gasteiger partial charge on any atom is -0.382 e. The van der Waals surface area contributed by atoms with Gasteiger partial charge in [-0.3, -0.25) is 27.2 Å². The maximum absolute atomic E-state index is 16.0. The fraction of sp³-hybridized carbons (Fsp3) is 0.500. The lowest BCUT2D eigenvalue weighted by Gasteiger charge is -2.26. The zero-order chi connectivity index (χ0) is 31.0. The molecule has 3 saturated heterocycles. The monoisotopic (exact) mass is 694 g/mol. The number of halogens is 2. The Morgan fingerprint density at radius 3 is 1.82 bits per heavy atom. The highest BCUT2D eigenvalue weighted by molar-refractivity contribution is 8.44. The second-order valence-electron chi connectivity index (χ2n) is 9.85. The third-order valence-electron chi connectivity index (χ3n) is 7.17. The largest absolute Gasteiger partial charge is 0.386 e. The Morgan fingerprint density at radius 2 is 1.23 bits per heavy atom. The van der Waals surface area contributed by atoms with Gasteiger partial charge in [0.2, 0.25) is 0 Å². The van der Waals surface area contributed by atoms with Gasteiger partial charge < -0.3 is 20.9 Å². The first-order valence-corrected chi connectivity index (χ1v) is 18.1. The van der Waals surface area contributed by atoms with E-state index in [2.05, 4.69) is 54.4 Å². The topological polar surface area (TPSA) is 229 Å². The van der Waals surface area contributed by atoms with Crippen LogP contribution in [0.4, 0.5) is 20.4 Å². The van der Waals surface area contributed by atoms with Crippen LogP contribution in [0.3, 0.4) is 0 Å². The van der Waals surface area contributed by atoms with E-state index >= 15 is 8.78 Å². The Hall–Kier alpha value is -2.52.